The smallest absolute Gasteiger partial charge is 0 e. The minimum absolute atomic E-state index is 0. The molecule has 0 saturated carbocycles. The Kier molecular flexibility index (Phi) is 21.7. The molecule has 0 aromatic heterocycles. The number of benzene rings is 2. The Morgan fingerprint density at radius 3 is 1.82 bits per heavy atom. The second-order valence-electron chi connectivity index (χ2n) is 8.94. The number of ether oxygens (including phenoxy) is 3. The fraction of sp³-hybridized carbons (Fsp3) is 0.333. The van der Waals surface area contributed by atoms with E-state index in [9.17, 15) is 0 Å². The van der Waals surface area contributed by atoms with Gasteiger partial charge < -0.3 is 19.1 Å². The van der Waals surface area contributed by atoms with Crippen molar-refractivity contribution in [1.82, 2.24) is 4.90 Å². The van der Waals surface area contributed by atoms with Crippen LogP contribution in [0.25, 0.3) is 11.3 Å². The van der Waals surface area contributed by atoms with E-state index in [0.717, 1.165) is 18.5 Å². The number of rotatable bonds is 7. The molecule has 2 aliphatic heterocycles. The maximum Gasteiger partial charge on any atom is 0 e. The minimum Gasteiger partial charge on any atom is 0 e. The zero-order valence-corrected chi connectivity index (χ0v) is 26.6. The first-order valence-electron chi connectivity index (χ1n) is 12.8. The average molecular weight is 654 g/mol. The molecule has 2 heterocycles. The Hall–Kier alpha value is -3.24. The third-order valence-electron chi connectivity index (χ3n) is 7.14. The van der Waals surface area contributed by atoms with Gasteiger partial charge in [-0.05, 0) is 54.8 Å². The second-order valence-corrected chi connectivity index (χ2v) is 9.32. The van der Waals surface area contributed by atoms with Crippen LogP contribution in [0.15, 0.2) is 71.8 Å². The van der Waals surface area contributed by atoms with Gasteiger partial charge in [-0.2, -0.15) is 0 Å². The standard InChI is InChI=1S/C28H31NO3S.5CO.Cr/c1-4-30-19-22-18-27(3)23(20-12-8-6-9-13-20)24(26(33)31-5-2)28(27)29(16-17-32-28)25(22)21-14-10-7-11-15-21;5*1-2;/h6-15H,4-5,16-19H2,1-3H3;;;;;;. The van der Waals surface area contributed by atoms with Gasteiger partial charge in [0.15, 0.2) is 10.8 Å². The number of thiocarbonyl (C=S) groups is 1. The molecule has 2 aromatic carbocycles. The maximum atomic E-state index is 7.50. The predicted octanol–water partition coefficient (Wildman–Crippen LogP) is 5.51. The van der Waals surface area contributed by atoms with E-state index in [0.29, 0.717) is 31.5 Å². The monoisotopic (exact) mass is 653 g/mol. The van der Waals surface area contributed by atoms with Crippen LogP contribution in [0.5, 0.6) is 0 Å². The molecule has 0 N–H and O–H groups in total. The van der Waals surface area contributed by atoms with Gasteiger partial charge in [0.1, 0.15) is 0 Å². The van der Waals surface area contributed by atoms with Crippen LogP contribution in [0.2, 0.25) is 0 Å². The van der Waals surface area contributed by atoms with Crippen LogP contribution < -0.4 is 0 Å². The third kappa shape index (κ3) is 8.07. The average Bonchev–Trinajstić information content (AvgIpc) is 3.55. The summed E-state index contributed by atoms with van der Waals surface area (Å²) in [5.41, 5.74) is 6.22. The van der Waals surface area contributed by atoms with Crippen molar-refractivity contribution in [3.8, 4) is 0 Å². The van der Waals surface area contributed by atoms with Crippen molar-refractivity contribution >= 4 is 28.5 Å². The molecule has 2 unspecified atom stereocenters. The van der Waals surface area contributed by atoms with Gasteiger partial charge in [0, 0.05) is 36.2 Å². The molecule has 228 valence electrons. The fourth-order valence-corrected chi connectivity index (χ4v) is 6.36. The van der Waals surface area contributed by atoms with Crippen molar-refractivity contribution in [2.75, 3.05) is 33.0 Å². The normalized spacial score (nSPS) is 19.8. The van der Waals surface area contributed by atoms with Crippen LogP contribution in [0.4, 0.5) is 0 Å². The van der Waals surface area contributed by atoms with Gasteiger partial charge in [0.05, 0.1) is 30.8 Å². The first kappa shape index (κ1) is 42.9. The molecule has 0 bridgehead atoms. The summed E-state index contributed by atoms with van der Waals surface area (Å²) in [7, 11) is 0. The summed E-state index contributed by atoms with van der Waals surface area (Å²) in [4.78, 5) is 2.44. The molecular formula is C33H31CrNO8S. The number of hydrogen-bond donors (Lipinski definition) is 0. The molecular weight excluding hydrogens is 622 g/mol. The Morgan fingerprint density at radius 2 is 1.34 bits per heavy atom. The van der Waals surface area contributed by atoms with E-state index in [1.807, 2.05) is 13.8 Å². The van der Waals surface area contributed by atoms with Crippen LogP contribution in [0, 0.1) is 38.7 Å². The Labute approximate surface area is 275 Å². The van der Waals surface area contributed by atoms with Crippen LogP contribution in [0.1, 0.15) is 38.3 Å². The second kappa shape index (κ2) is 22.3. The van der Waals surface area contributed by atoms with E-state index in [2.05, 4.69) is 106 Å². The summed E-state index contributed by atoms with van der Waals surface area (Å²) in [5, 5.41) is 0.543. The number of nitrogens with zero attached hydrogens (tertiary/aromatic N) is 1. The first-order valence-corrected chi connectivity index (χ1v) is 13.3. The minimum atomic E-state index is -0.634. The van der Waals surface area contributed by atoms with Gasteiger partial charge in [-0.3, -0.25) is 0 Å². The van der Waals surface area contributed by atoms with Crippen molar-refractivity contribution < 1.29 is 54.8 Å². The van der Waals surface area contributed by atoms with E-state index in [1.54, 1.807) is 0 Å². The van der Waals surface area contributed by atoms with Crippen molar-refractivity contribution in [1.29, 1.82) is 0 Å². The fourth-order valence-electron chi connectivity index (χ4n) is 6.00. The molecule has 1 fully saturated rings. The van der Waals surface area contributed by atoms with Crippen LogP contribution in [-0.2, 0) is 54.8 Å². The summed E-state index contributed by atoms with van der Waals surface area (Å²) in [6.07, 6.45) is 0.843. The Morgan fingerprint density at radius 1 is 0.841 bits per heavy atom. The van der Waals surface area contributed by atoms with Gasteiger partial charge in [-0.1, -0.05) is 67.6 Å². The Bertz CT molecular complexity index is 1320. The molecule has 9 nitrogen and oxygen atoms in total. The molecule has 1 aliphatic carbocycles. The maximum absolute atomic E-state index is 7.50. The molecule has 3 aliphatic rings. The largest absolute Gasteiger partial charge is 0 e. The molecule has 1 saturated heterocycles. The summed E-state index contributed by atoms with van der Waals surface area (Å²) in [6.45, 7) is 32.1. The SMILES string of the molecule is CCOCC1=C(c2ccccc2)N2CCOC23C(C(=S)OCC)=C(c2ccccc2)C3(C)C1.[C-]#[O+].[C-]#[O+].[C-]#[O+].[C-]#[O+].[C-]#[O+].[Cr]. The predicted molar refractivity (Wildman–Crippen MR) is 155 cm³/mol. The summed E-state index contributed by atoms with van der Waals surface area (Å²) < 4.78 is 56.1. The Balaban J connectivity index is 0. The van der Waals surface area contributed by atoms with E-state index < -0.39 is 5.72 Å². The van der Waals surface area contributed by atoms with E-state index in [4.69, 9.17) is 49.7 Å². The van der Waals surface area contributed by atoms with E-state index in [-0.39, 0.29) is 22.8 Å². The van der Waals surface area contributed by atoms with Crippen molar-refractivity contribution in [2.45, 2.75) is 32.9 Å². The van der Waals surface area contributed by atoms with Gasteiger partial charge in [-0.25, -0.2) is 0 Å². The zero-order chi connectivity index (χ0) is 33.1. The third-order valence-corrected chi connectivity index (χ3v) is 7.46. The molecule has 11 heteroatoms. The van der Waals surface area contributed by atoms with Crippen molar-refractivity contribution in [3.63, 3.8) is 0 Å². The summed E-state index contributed by atoms with van der Waals surface area (Å²) in [5.74, 6) is 0. The quantitative estimate of drug-likeness (QED) is 0.221. The van der Waals surface area contributed by atoms with Crippen LogP contribution >= 0.6 is 12.2 Å². The van der Waals surface area contributed by atoms with Gasteiger partial charge >= 0.3 is 56.5 Å². The molecule has 2 atom stereocenters. The van der Waals surface area contributed by atoms with Crippen molar-refractivity contribution in [3.05, 3.63) is 116 Å². The molecule has 1 spiro atoms. The van der Waals surface area contributed by atoms with Crippen LogP contribution in [0.3, 0.4) is 0 Å². The summed E-state index contributed by atoms with van der Waals surface area (Å²) >= 11 is 5.87. The molecule has 0 radical (unpaired) electrons. The van der Waals surface area contributed by atoms with Gasteiger partial charge in [0.25, 0.3) is 0 Å². The first-order chi connectivity index (χ1) is 21.1. The molecule has 2 aromatic rings. The van der Waals surface area contributed by atoms with E-state index in [1.165, 1.54) is 28.0 Å². The van der Waals surface area contributed by atoms with Crippen LogP contribution in [-0.4, -0.2) is 48.6 Å². The summed E-state index contributed by atoms with van der Waals surface area (Å²) in [6, 6.07) is 21.1. The topological polar surface area (TPSA) is 130 Å². The van der Waals surface area contributed by atoms with Gasteiger partial charge in [-0.15, -0.1) is 0 Å². The van der Waals surface area contributed by atoms with E-state index >= 15 is 0 Å². The molecule has 0 amide bonds. The number of hydrogen-bond acceptors (Lipinski definition) is 5. The molecule has 44 heavy (non-hydrogen) atoms. The zero-order valence-electron chi connectivity index (χ0n) is 24.5. The van der Waals surface area contributed by atoms with Crippen molar-refractivity contribution in [2.24, 2.45) is 5.41 Å². The molecule has 5 rings (SSSR count). The van der Waals surface area contributed by atoms with Gasteiger partial charge in [0.2, 0.25) is 0 Å².